The molecule has 102 valence electrons. The lowest BCUT2D eigenvalue weighted by Crippen LogP contribution is -2.08. The third-order valence-corrected chi connectivity index (χ3v) is 2.51. The van der Waals surface area contributed by atoms with E-state index in [4.69, 9.17) is 15.1 Å². The van der Waals surface area contributed by atoms with Crippen LogP contribution in [-0.2, 0) is 6.18 Å². The molecule has 0 heterocycles. The Balaban J connectivity index is 2.43. The van der Waals surface area contributed by atoms with Crippen LogP contribution in [0.5, 0.6) is 17.2 Å². The van der Waals surface area contributed by atoms with Gasteiger partial charge in [0.25, 0.3) is 0 Å². The minimum absolute atomic E-state index is 0.00176. The van der Waals surface area contributed by atoms with Gasteiger partial charge in [0.05, 0.1) is 5.56 Å². The lowest BCUT2D eigenvalue weighted by atomic mass is 10.1. The van der Waals surface area contributed by atoms with Gasteiger partial charge in [-0.2, -0.15) is 18.4 Å². The number of aromatic hydroxyl groups is 1. The topological polar surface area (TPSA) is 53.2 Å². The van der Waals surface area contributed by atoms with Crippen molar-refractivity contribution in [3.05, 3.63) is 53.6 Å². The second-order valence-corrected chi connectivity index (χ2v) is 3.88. The zero-order valence-electron chi connectivity index (χ0n) is 9.98. The maximum Gasteiger partial charge on any atom is 0.417 e. The third kappa shape index (κ3) is 2.83. The number of phenols is 1. The summed E-state index contributed by atoms with van der Waals surface area (Å²) in [5.74, 6) is 0.0357. The van der Waals surface area contributed by atoms with Crippen LogP contribution in [0.15, 0.2) is 42.5 Å². The fourth-order valence-corrected chi connectivity index (χ4v) is 1.61. The molecule has 0 saturated heterocycles. The molecule has 0 bridgehead atoms. The van der Waals surface area contributed by atoms with Crippen molar-refractivity contribution in [1.82, 2.24) is 0 Å². The van der Waals surface area contributed by atoms with Crippen LogP contribution < -0.4 is 4.74 Å². The summed E-state index contributed by atoms with van der Waals surface area (Å²) in [6, 6.07) is 10.2. The summed E-state index contributed by atoms with van der Waals surface area (Å²) in [4.78, 5) is 0. The van der Waals surface area contributed by atoms with E-state index in [-0.39, 0.29) is 17.2 Å². The fourth-order valence-electron chi connectivity index (χ4n) is 1.61. The molecule has 2 rings (SSSR count). The monoisotopic (exact) mass is 279 g/mol. The number of hydrogen-bond acceptors (Lipinski definition) is 3. The second-order valence-electron chi connectivity index (χ2n) is 3.88. The number of benzene rings is 2. The van der Waals surface area contributed by atoms with Gasteiger partial charge in [-0.25, -0.2) is 0 Å². The Labute approximate surface area is 112 Å². The van der Waals surface area contributed by atoms with Gasteiger partial charge >= 0.3 is 6.18 Å². The Hall–Kier alpha value is -2.68. The first-order chi connectivity index (χ1) is 9.41. The average Bonchev–Trinajstić information content (AvgIpc) is 2.40. The van der Waals surface area contributed by atoms with Crippen LogP contribution in [0.3, 0.4) is 0 Å². The van der Waals surface area contributed by atoms with Gasteiger partial charge in [0.15, 0.2) is 0 Å². The number of ether oxygens (including phenoxy) is 1. The molecule has 2 aromatic carbocycles. The molecule has 0 radical (unpaired) electrons. The Morgan fingerprint density at radius 2 is 1.70 bits per heavy atom. The Morgan fingerprint density at radius 1 is 1.05 bits per heavy atom. The number of hydrogen-bond donors (Lipinski definition) is 1. The highest BCUT2D eigenvalue weighted by molar-refractivity contribution is 5.51. The number of nitrogens with zero attached hydrogens (tertiary/aromatic N) is 1. The lowest BCUT2D eigenvalue weighted by molar-refractivity contribution is -0.137. The zero-order chi connectivity index (χ0) is 14.8. The second kappa shape index (κ2) is 5.13. The van der Waals surface area contributed by atoms with Crippen molar-refractivity contribution in [2.75, 3.05) is 0 Å². The quantitative estimate of drug-likeness (QED) is 0.901. The van der Waals surface area contributed by atoms with E-state index in [2.05, 4.69) is 0 Å². The Morgan fingerprint density at radius 3 is 2.25 bits per heavy atom. The van der Waals surface area contributed by atoms with Crippen LogP contribution in [0.25, 0.3) is 0 Å². The molecule has 0 unspecified atom stereocenters. The Bertz CT molecular complexity index is 658. The van der Waals surface area contributed by atoms with Crippen molar-refractivity contribution in [1.29, 1.82) is 5.26 Å². The van der Waals surface area contributed by atoms with E-state index in [1.807, 2.05) is 0 Å². The SMILES string of the molecule is N#Cc1c(Oc2ccc(O)cc2)cccc1C(F)(F)F. The van der Waals surface area contributed by atoms with E-state index < -0.39 is 17.3 Å². The van der Waals surface area contributed by atoms with Crippen molar-refractivity contribution in [2.45, 2.75) is 6.18 Å². The van der Waals surface area contributed by atoms with Crippen LogP contribution in [0.1, 0.15) is 11.1 Å². The van der Waals surface area contributed by atoms with Crippen LogP contribution in [-0.4, -0.2) is 5.11 Å². The summed E-state index contributed by atoms with van der Waals surface area (Å²) in [6.07, 6.45) is -4.63. The molecular weight excluding hydrogens is 271 g/mol. The number of halogens is 3. The molecule has 0 aromatic heterocycles. The van der Waals surface area contributed by atoms with Gasteiger partial charge in [0.1, 0.15) is 28.9 Å². The first kappa shape index (κ1) is 13.7. The van der Waals surface area contributed by atoms with Crippen molar-refractivity contribution in [3.63, 3.8) is 0 Å². The van der Waals surface area contributed by atoms with Gasteiger partial charge in [0.2, 0.25) is 0 Å². The number of nitriles is 1. The fraction of sp³-hybridized carbons (Fsp3) is 0.0714. The molecular formula is C14H8F3NO2. The largest absolute Gasteiger partial charge is 0.508 e. The van der Waals surface area contributed by atoms with E-state index in [1.54, 1.807) is 0 Å². The molecule has 0 aliphatic rings. The van der Waals surface area contributed by atoms with Gasteiger partial charge in [-0.05, 0) is 36.4 Å². The van der Waals surface area contributed by atoms with Gasteiger partial charge in [0, 0.05) is 0 Å². The minimum atomic E-state index is -4.63. The highest BCUT2D eigenvalue weighted by atomic mass is 19.4. The summed E-state index contributed by atoms with van der Waals surface area (Å²) < 4.78 is 43.6. The minimum Gasteiger partial charge on any atom is -0.508 e. The molecule has 0 atom stereocenters. The molecule has 20 heavy (non-hydrogen) atoms. The van der Waals surface area contributed by atoms with Gasteiger partial charge < -0.3 is 9.84 Å². The highest BCUT2D eigenvalue weighted by Gasteiger charge is 2.34. The maximum absolute atomic E-state index is 12.8. The van der Waals surface area contributed by atoms with Crippen molar-refractivity contribution in [3.8, 4) is 23.3 Å². The summed E-state index contributed by atoms with van der Waals surface area (Å²) >= 11 is 0. The zero-order valence-corrected chi connectivity index (χ0v) is 9.98. The van der Waals surface area contributed by atoms with Crippen molar-refractivity contribution in [2.24, 2.45) is 0 Å². The van der Waals surface area contributed by atoms with Crippen LogP contribution in [0, 0.1) is 11.3 Å². The van der Waals surface area contributed by atoms with Crippen LogP contribution in [0.2, 0.25) is 0 Å². The average molecular weight is 279 g/mol. The van der Waals surface area contributed by atoms with Gasteiger partial charge in [-0.1, -0.05) is 6.07 Å². The van der Waals surface area contributed by atoms with Crippen LogP contribution >= 0.6 is 0 Å². The van der Waals surface area contributed by atoms with E-state index in [9.17, 15) is 13.2 Å². The standard InChI is InChI=1S/C14H8F3NO2/c15-14(16,17)12-2-1-3-13(11(12)8-18)20-10-6-4-9(19)5-7-10/h1-7,19H. The first-order valence-electron chi connectivity index (χ1n) is 5.49. The molecule has 1 N–H and O–H groups in total. The van der Waals surface area contributed by atoms with Crippen LogP contribution in [0.4, 0.5) is 13.2 Å². The molecule has 2 aromatic rings. The van der Waals surface area contributed by atoms with Gasteiger partial charge in [-0.15, -0.1) is 0 Å². The number of alkyl halides is 3. The first-order valence-corrected chi connectivity index (χ1v) is 5.49. The number of rotatable bonds is 2. The van der Waals surface area contributed by atoms with Crippen molar-refractivity contribution >= 4 is 0 Å². The third-order valence-electron chi connectivity index (χ3n) is 2.51. The summed E-state index contributed by atoms with van der Waals surface area (Å²) in [5.41, 5.74) is -1.62. The van der Waals surface area contributed by atoms with E-state index in [0.717, 1.165) is 6.07 Å². The van der Waals surface area contributed by atoms with E-state index >= 15 is 0 Å². The Kier molecular flexibility index (Phi) is 3.53. The lowest BCUT2D eigenvalue weighted by Gasteiger charge is -2.12. The molecule has 0 amide bonds. The predicted octanol–water partition coefficient (Wildman–Crippen LogP) is 4.07. The highest BCUT2D eigenvalue weighted by Crippen LogP contribution is 2.37. The number of phenolic OH excluding ortho intramolecular Hbond substituents is 1. The normalized spacial score (nSPS) is 10.9. The predicted molar refractivity (Wildman–Crippen MR) is 64.3 cm³/mol. The molecule has 0 spiro atoms. The van der Waals surface area contributed by atoms with Gasteiger partial charge in [-0.3, -0.25) is 0 Å². The molecule has 0 fully saturated rings. The summed E-state index contributed by atoms with van der Waals surface area (Å²) in [7, 11) is 0. The molecule has 0 aliphatic heterocycles. The summed E-state index contributed by atoms with van der Waals surface area (Å²) in [6.45, 7) is 0. The summed E-state index contributed by atoms with van der Waals surface area (Å²) in [5, 5.41) is 18.0. The van der Waals surface area contributed by atoms with Crippen molar-refractivity contribution < 1.29 is 23.0 Å². The molecule has 6 heteroatoms. The van der Waals surface area contributed by atoms with E-state index in [1.165, 1.54) is 42.5 Å². The smallest absolute Gasteiger partial charge is 0.417 e. The molecule has 0 saturated carbocycles. The van der Waals surface area contributed by atoms with E-state index in [0.29, 0.717) is 0 Å². The molecule has 3 nitrogen and oxygen atoms in total. The maximum atomic E-state index is 12.8. The molecule has 0 aliphatic carbocycles.